The zero-order chi connectivity index (χ0) is 11.6. The lowest BCUT2D eigenvalue weighted by atomic mass is 10.2. The van der Waals surface area contributed by atoms with Gasteiger partial charge in [-0.05, 0) is 31.5 Å². The molecule has 0 saturated carbocycles. The topological polar surface area (TPSA) is 48.7 Å². The molecule has 0 bridgehead atoms. The first kappa shape index (κ1) is 13.0. The molecule has 1 atom stereocenters. The number of hydrogen-bond donors (Lipinski definition) is 1. The second kappa shape index (κ2) is 8.14. The van der Waals surface area contributed by atoms with Crippen LogP contribution in [0.2, 0.25) is 0 Å². The number of hydrogen-bond acceptors (Lipinski definition) is 4. The van der Waals surface area contributed by atoms with Crippen molar-refractivity contribution in [3.63, 3.8) is 0 Å². The highest BCUT2D eigenvalue weighted by molar-refractivity contribution is 7.99. The van der Waals surface area contributed by atoms with Crippen molar-refractivity contribution in [3.05, 3.63) is 24.5 Å². The molecule has 16 heavy (non-hydrogen) atoms. The molecule has 0 amide bonds. The fraction of sp³-hybridized carbons (Fsp3) is 0.500. The molecule has 0 saturated heterocycles. The zero-order valence-corrected chi connectivity index (χ0v) is 10.3. The van der Waals surface area contributed by atoms with E-state index in [9.17, 15) is 0 Å². The summed E-state index contributed by atoms with van der Waals surface area (Å²) in [5.74, 6) is 0.957. The second-order valence-corrected chi connectivity index (χ2v) is 4.62. The Morgan fingerprint density at radius 1 is 1.50 bits per heavy atom. The molecule has 0 radical (unpaired) electrons. The van der Waals surface area contributed by atoms with Gasteiger partial charge in [-0.3, -0.25) is 4.98 Å². The number of aromatic nitrogens is 1. The lowest BCUT2D eigenvalue weighted by molar-refractivity contribution is 0.585. The molecule has 1 heterocycles. The van der Waals surface area contributed by atoms with Crippen molar-refractivity contribution in [2.75, 3.05) is 12.3 Å². The molecule has 0 aliphatic heterocycles. The number of nitriles is 1. The predicted octanol–water partition coefficient (Wildman–Crippen LogP) is 2.46. The summed E-state index contributed by atoms with van der Waals surface area (Å²) in [5.41, 5.74) is 0. The first-order valence-electron chi connectivity index (χ1n) is 5.52. The van der Waals surface area contributed by atoms with E-state index in [2.05, 4.69) is 23.3 Å². The van der Waals surface area contributed by atoms with Crippen LogP contribution >= 0.6 is 11.8 Å². The van der Waals surface area contributed by atoms with Crippen LogP contribution in [0, 0.1) is 11.3 Å². The number of rotatable bonds is 7. The van der Waals surface area contributed by atoms with Crippen LogP contribution in [0.3, 0.4) is 0 Å². The maximum absolute atomic E-state index is 8.92. The molecule has 3 nitrogen and oxygen atoms in total. The molecule has 1 aromatic heterocycles. The molecule has 0 aliphatic carbocycles. The molecule has 0 aromatic carbocycles. The van der Waals surface area contributed by atoms with Gasteiger partial charge in [-0.15, -0.1) is 11.8 Å². The molecule has 1 rings (SSSR count). The van der Waals surface area contributed by atoms with E-state index in [-0.39, 0.29) is 6.04 Å². The quantitative estimate of drug-likeness (QED) is 0.738. The normalized spacial score (nSPS) is 12.0. The molecular formula is C12H17N3S. The summed E-state index contributed by atoms with van der Waals surface area (Å²) in [6, 6.07) is 6.25. The standard InChI is InChI=1S/C12H17N3S/c1-2-6-15-11(10-13)5-9-16-12-3-7-14-8-4-12/h3-4,7-8,11,15H,2,5-6,9H2,1H3. The van der Waals surface area contributed by atoms with E-state index in [0.717, 1.165) is 25.1 Å². The van der Waals surface area contributed by atoms with Gasteiger partial charge in [0.05, 0.1) is 12.1 Å². The van der Waals surface area contributed by atoms with E-state index < -0.39 is 0 Å². The third-order valence-corrected chi connectivity index (χ3v) is 3.17. The Morgan fingerprint density at radius 3 is 2.88 bits per heavy atom. The predicted molar refractivity (Wildman–Crippen MR) is 67.3 cm³/mol. The Kier molecular flexibility index (Phi) is 6.62. The van der Waals surface area contributed by atoms with Crippen LogP contribution in [0.15, 0.2) is 29.4 Å². The highest BCUT2D eigenvalue weighted by Gasteiger charge is 2.05. The first-order valence-corrected chi connectivity index (χ1v) is 6.51. The lowest BCUT2D eigenvalue weighted by Crippen LogP contribution is -2.28. The zero-order valence-electron chi connectivity index (χ0n) is 9.52. The van der Waals surface area contributed by atoms with Crippen molar-refractivity contribution in [3.8, 4) is 6.07 Å². The maximum Gasteiger partial charge on any atom is 0.0961 e. The van der Waals surface area contributed by atoms with E-state index in [0.29, 0.717) is 0 Å². The summed E-state index contributed by atoms with van der Waals surface area (Å²) in [4.78, 5) is 5.18. The Labute approximate surface area is 101 Å². The van der Waals surface area contributed by atoms with Gasteiger partial charge >= 0.3 is 0 Å². The highest BCUT2D eigenvalue weighted by atomic mass is 32.2. The van der Waals surface area contributed by atoms with Crippen molar-refractivity contribution < 1.29 is 0 Å². The van der Waals surface area contributed by atoms with Crippen LogP contribution in [-0.4, -0.2) is 23.3 Å². The van der Waals surface area contributed by atoms with Crippen LogP contribution in [0.5, 0.6) is 0 Å². The molecule has 1 unspecified atom stereocenters. The Morgan fingerprint density at radius 2 is 2.25 bits per heavy atom. The summed E-state index contributed by atoms with van der Waals surface area (Å²) in [5, 5.41) is 12.1. The fourth-order valence-corrected chi connectivity index (χ4v) is 2.16. The molecule has 4 heteroatoms. The number of nitrogens with zero attached hydrogens (tertiary/aromatic N) is 2. The summed E-state index contributed by atoms with van der Waals surface area (Å²) in [7, 11) is 0. The maximum atomic E-state index is 8.92. The summed E-state index contributed by atoms with van der Waals surface area (Å²) in [6.07, 6.45) is 5.53. The first-order chi connectivity index (χ1) is 7.86. The van der Waals surface area contributed by atoms with E-state index in [1.54, 1.807) is 24.2 Å². The third kappa shape index (κ3) is 5.15. The highest BCUT2D eigenvalue weighted by Crippen LogP contribution is 2.17. The van der Waals surface area contributed by atoms with Crippen LogP contribution in [0.25, 0.3) is 0 Å². The molecule has 1 aromatic rings. The average Bonchev–Trinajstić information content (AvgIpc) is 2.35. The summed E-state index contributed by atoms with van der Waals surface area (Å²) in [6.45, 7) is 3.02. The van der Waals surface area contributed by atoms with Crippen molar-refractivity contribution in [2.45, 2.75) is 30.7 Å². The smallest absolute Gasteiger partial charge is 0.0961 e. The second-order valence-electron chi connectivity index (χ2n) is 3.46. The molecule has 0 fully saturated rings. The molecule has 1 N–H and O–H groups in total. The van der Waals surface area contributed by atoms with Crippen molar-refractivity contribution in [2.24, 2.45) is 0 Å². The van der Waals surface area contributed by atoms with Gasteiger partial charge in [0.15, 0.2) is 0 Å². The van der Waals surface area contributed by atoms with Gasteiger partial charge in [-0.2, -0.15) is 5.26 Å². The van der Waals surface area contributed by atoms with Crippen LogP contribution < -0.4 is 5.32 Å². The molecule has 0 aliphatic rings. The minimum atomic E-state index is -0.0192. The van der Waals surface area contributed by atoms with Gasteiger partial charge in [0.25, 0.3) is 0 Å². The Bertz CT molecular complexity index is 321. The number of nitrogens with one attached hydrogen (secondary N) is 1. The molecular weight excluding hydrogens is 218 g/mol. The van der Waals surface area contributed by atoms with Gasteiger partial charge in [0.2, 0.25) is 0 Å². The summed E-state index contributed by atoms with van der Waals surface area (Å²) >= 11 is 1.77. The molecule has 0 spiro atoms. The Hall–Kier alpha value is -1.05. The SMILES string of the molecule is CCCNC(C#N)CCSc1ccncc1. The van der Waals surface area contributed by atoms with E-state index >= 15 is 0 Å². The molecule has 86 valence electrons. The van der Waals surface area contributed by atoms with E-state index in [4.69, 9.17) is 5.26 Å². The largest absolute Gasteiger partial charge is 0.302 e. The minimum absolute atomic E-state index is 0.0192. The van der Waals surface area contributed by atoms with Crippen molar-refractivity contribution in [1.29, 1.82) is 5.26 Å². The summed E-state index contributed by atoms with van der Waals surface area (Å²) < 4.78 is 0. The average molecular weight is 235 g/mol. The van der Waals surface area contributed by atoms with Gasteiger partial charge in [0.1, 0.15) is 0 Å². The van der Waals surface area contributed by atoms with Crippen LogP contribution in [0.4, 0.5) is 0 Å². The minimum Gasteiger partial charge on any atom is -0.302 e. The monoisotopic (exact) mass is 235 g/mol. The van der Waals surface area contributed by atoms with Gasteiger partial charge in [0, 0.05) is 23.0 Å². The number of pyridine rings is 1. The van der Waals surface area contributed by atoms with Crippen LogP contribution in [-0.2, 0) is 0 Å². The Balaban J connectivity index is 2.21. The van der Waals surface area contributed by atoms with Gasteiger partial charge < -0.3 is 5.32 Å². The van der Waals surface area contributed by atoms with Crippen molar-refractivity contribution >= 4 is 11.8 Å². The van der Waals surface area contributed by atoms with Gasteiger partial charge in [-0.25, -0.2) is 0 Å². The van der Waals surface area contributed by atoms with E-state index in [1.807, 2.05) is 12.1 Å². The van der Waals surface area contributed by atoms with E-state index in [1.165, 1.54) is 4.90 Å². The fourth-order valence-electron chi connectivity index (χ4n) is 1.26. The number of thioether (sulfide) groups is 1. The third-order valence-electron chi connectivity index (χ3n) is 2.12. The van der Waals surface area contributed by atoms with Gasteiger partial charge in [-0.1, -0.05) is 6.92 Å². The lowest BCUT2D eigenvalue weighted by Gasteiger charge is -2.09. The van der Waals surface area contributed by atoms with Crippen molar-refractivity contribution in [1.82, 2.24) is 10.3 Å². The van der Waals surface area contributed by atoms with Crippen LogP contribution in [0.1, 0.15) is 19.8 Å².